The smallest absolute Gasteiger partial charge is 0.123 e. The fourth-order valence-corrected chi connectivity index (χ4v) is 2.15. The SMILES string of the molecule is Cc1ccc(F)cc1CC(C)(N)c1ccccc1. The third-order valence-electron chi connectivity index (χ3n) is 3.30. The van der Waals surface area contributed by atoms with E-state index in [1.807, 2.05) is 44.2 Å². The Bertz CT molecular complexity index is 532. The number of hydrogen-bond acceptors (Lipinski definition) is 1. The molecule has 0 aliphatic rings. The van der Waals surface area contributed by atoms with Gasteiger partial charge in [-0.25, -0.2) is 4.39 Å². The van der Waals surface area contributed by atoms with Gasteiger partial charge in [0.1, 0.15) is 5.82 Å². The second-order valence-electron chi connectivity index (χ2n) is 5.03. The topological polar surface area (TPSA) is 26.0 Å². The first-order valence-corrected chi connectivity index (χ1v) is 6.08. The van der Waals surface area contributed by atoms with E-state index >= 15 is 0 Å². The first-order chi connectivity index (χ1) is 8.49. The molecule has 2 N–H and O–H groups in total. The maximum atomic E-state index is 13.3. The molecule has 1 nitrogen and oxygen atoms in total. The molecule has 0 aliphatic carbocycles. The van der Waals surface area contributed by atoms with E-state index in [9.17, 15) is 4.39 Å². The van der Waals surface area contributed by atoms with Gasteiger partial charge < -0.3 is 5.73 Å². The minimum absolute atomic E-state index is 0.209. The number of halogens is 1. The van der Waals surface area contributed by atoms with Crippen LogP contribution in [0.15, 0.2) is 48.5 Å². The standard InChI is InChI=1S/C16H18FN/c1-12-8-9-15(17)10-13(12)11-16(2,18)14-6-4-3-5-7-14/h3-10H,11,18H2,1-2H3. The van der Waals surface area contributed by atoms with Gasteiger partial charge in [-0.15, -0.1) is 0 Å². The Morgan fingerprint density at radius 3 is 2.44 bits per heavy atom. The van der Waals surface area contributed by atoms with Crippen molar-refractivity contribution in [1.29, 1.82) is 0 Å². The molecule has 1 atom stereocenters. The summed E-state index contributed by atoms with van der Waals surface area (Å²) < 4.78 is 13.3. The van der Waals surface area contributed by atoms with Gasteiger partial charge in [0.25, 0.3) is 0 Å². The quantitative estimate of drug-likeness (QED) is 0.876. The molecule has 0 aromatic heterocycles. The minimum Gasteiger partial charge on any atom is -0.321 e. The van der Waals surface area contributed by atoms with Gasteiger partial charge in [-0.1, -0.05) is 36.4 Å². The Morgan fingerprint density at radius 2 is 1.78 bits per heavy atom. The van der Waals surface area contributed by atoms with E-state index in [4.69, 9.17) is 5.73 Å². The van der Waals surface area contributed by atoms with Gasteiger partial charge in [-0.2, -0.15) is 0 Å². The molecule has 0 spiro atoms. The van der Waals surface area contributed by atoms with Crippen LogP contribution in [-0.2, 0) is 12.0 Å². The van der Waals surface area contributed by atoms with Crippen molar-refractivity contribution in [3.63, 3.8) is 0 Å². The lowest BCUT2D eigenvalue weighted by molar-refractivity contribution is 0.488. The molecular formula is C16H18FN. The molecule has 0 saturated carbocycles. The van der Waals surface area contributed by atoms with E-state index < -0.39 is 5.54 Å². The molecule has 0 heterocycles. The van der Waals surface area contributed by atoms with Crippen LogP contribution in [0.4, 0.5) is 4.39 Å². The van der Waals surface area contributed by atoms with Gasteiger partial charge in [0.2, 0.25) is 0 Å². The van der Waals surface area contributed by atoms with Crippen LogP contribution in [-0.4, -0.2) is 0 Å². The highest BCUT2D eigenvalue weighted by Gasteiger charge is 2.22. The summed E-state index contributed by atoms with van der Waals surface area (Å²) in [6.45, 7) is 3.96. The largest absolute Gasteiger partial charge is 0.321 e. The summed E-state index contributed by atoms with van der Waals surface area (Å²) in [5.74, 6) is -0.209. The predicted molar refractivity (Wildman–Crippen MR) is 72.8 cm³/mol. The number of nitrogens with two attached hydrogens (primary N) is 1. The van der Waals surface area contributed by atoms with Crippen LogP contribution >= 0.6 is 0 Å². The van der Waals surface area contributed by atoms with Crippen LogP contribution in [0.1, 0.15) is 23.6 Å². The van der Waals surface area contributed by atoms with Crippen molar-refractivity contribution < 1.29 is 4.39 Å². The van der Waals surface area contributed by atoms with Crippen molar-refractivity contribution in [1.82, 2.24) is 0 Å². The van der Waals surface area contributed by atoms with Crippen molar-refractivity contribution in [3.05, 3.63) is 71.0 Å². The first-order valence-electron chi connectivity index (χ1n) is 6.08. The summed E-state index contributed by atoms with van der Waals surface area (Å²) in [6.07, 6.45) is 0.626. The zero-order valence-corrected chi connectivity index (χ0v) is 10.8. The number of rotatable bonds is 3. The summed E-state index contributed by atoms with van der Waals surface area (Å²) in [5.41, 5.74) is 8.98. The number of benzene rings is 2. The Balaban J connectivity index is 2.30. The average molecular weight is 243 g/mol. The van der Waals surface area contributed by atoms with Crippen molar-refractivity contribution >= 4 is 0 Å². The Labute approximate surface area is 107 Å². The van der Waals surface area contributed by atoms with Gasteiger partial charge in [-0.05, 0) is 49.1 Å². The fraction of sp³-hybridized carbons (Fsp3) is 0.250. The van der Waals surface area contributed by atoms with Crippen LogP contribution in [0.2, 0.25) is 0 Å². The molecule has 94 valence electrons. The van der Waals surface area contributed by atoms with Gasteiger partial charge in [0.15, 0.2) is 0 Å². The minimum atomic E-state index is -0.486. The Morgan fingerprint density at radius 1 is 1.11 bits per heavy atom. The molecule has 1 unspecified atom stereocenters. The van der Waals surface area contributed by atoms with E-state index in [1.54, 1.807) is 12.1 Å². The Hall–Kier alpha value is -1.67. The van der Waals surface area contributed by atoms with Gasteiger partial charge in [-0.3, -0.25) is 0 Å². The molecule has 0 bridgehead atoms. The van der Waals surface area contributed by atoms with Crippen molar-refractivity contribution in [2.24, 2.45) is 5.73 Å². The van der Waals surface area contributed by atoms with E-state index in [0.29, 0.717) is 6.42 Å². The maximum absolute atomic E-state index is 13.3. The lowest BCUT2D eigenvalue weighted by Gasteiger charge is -2.26. The molecule has 0 amide bonds. The number of aryl methyl sites for hydroxylation is 1. The van der Waals surface area contributed by atoms with E-state index in [-0.39, 0.29) is 5.82 Å². The van der Waals surface area contributed by atoms with Gasteiger partial charge >= 0.3 is 0 Å². The van der Waals surface area contributed by atoms with Gasteiger partial charge in [0.05, 0.1) is 0 Å². The van der Waals surface area contributed by atoms with E-state index in [0.717, 1.165) is 16.7 Å². The monoisotopic (exact) mass is 243 g/mol. The summed E-state index contributed by atoms with van der Waals surface area (Å²) in [7, 11) is 0. The molecule has 0 fully saturated rings. The Kier molecular flexibility index (Phi) is 3.48. The molecular weight excluding hydrogens is 225 g/mol. The highest BCUT2D eigenvalue weighted by Crippen LogP contribution is 2.24. The van der Waals surface area contributed by atoms with Gasteiger partial charge in [0, 0.05) is 5.54 Å². The van der Waals surface area contributed by atoms with Crippen LogP contribution in [0.25, 0.3) is 0 Å². The van der Waals surface area contributed by atoms with E-state index in [2.05, 4.69) is 0 Å². The molecule has 0 saturated heterocycles. The maximum Gasteiger partial charge on any atom is 0.123 e. The van der Waals surface area contributed by atoms with Crippen molar-refractivity contribution in [2.75, 3.05) is 0 Å². The summed E-state index contributed by atoms with van der Waals surface area (Å²) in [6, 6.07) is 14.8. The zero-order chi connectivity index (χ0) is 13.2. The third-order valence-corrected chi connectivity index (χ3v) is 3.30. The third kappa shape index (κ3) is 2.77. The predicted octanol–water partition coefficient (Wildman–Crippen LogP) is 3.55. The second kappa shape index (κ2) is 4.91. The molecule has 0 aliphatic heterocycles. The first kappa shape index (κ1) is 12.8. The fourth-order valence-electron chi connectivity index (χ4n) is 2.15. The second-order valence-corrected chi connectivity index (χ2v) is 5.03. The van der Waals surface area contributed by atoms with Crippen LogP contribution < -0.4 is 5.73 Å². The summed E-state index contributed by atoms with van der Waals surface area (Å²) in [4.78, 5) is 0. The lowest BCUT2D eigenvalue weighted by atomic mass is 9.85. The highest BCUT2D eigenvalue weighted by atomic mass is 19.1. The zero-order valence-electron chi connectivity index (χ0n) is 10.8. The molecule has 2 aromatic carbocycles. The van der Waals surface area contributed by atoms with Crippen molar-refractivity contribution in [2.45, 2.75) is 25.8 Å². The van der Waals surface area contributed by atoms with E-state index in [1.165, 1.54) is 6.07 Å². The lowest BCUT2D eigenvalue weighted by Crippen LogP contribution is -2.35. The van der Waals surface area contributed by atoms with Crippen LogP contribution in [0.3, 0.4) is 0 Å². The molecule has 0 radical (unpaired) electrons. The highest BCUT2D eigenvalue weighted by molar-refractivity contribution is 5.32. The van der Waals surface area contributed by atoms with Crippen LogP contribution in [0, 0.1) is 12.7 Å². The van der Waals surface area contributed by atoms with Crippen molar-refractivity contribution in [3.8, 4) is 0 Å². The van der Waals surface area contributed by atoms with Crippen LogP contribution in [0.5, 0.6) is 0 Å². The normalized spacial score (nSPS) is 14.2. The molecule has 18 heavy (non-hydrogen) atoms. The molecule has 2 rings (SSSR count). The average Bonchev–Trinajstić information content (AvgIpc) is 2.35. The summed E-state index contributed by atoms with van der Waals surface area (Å²) >= 11 is 0. The molecule has 2 heteroatoms. The summed E-state index contributed by atoms with van der Waals surface area (Å²) in [5, 5.41) is 0. The molecule has 2 aromatic rings. The number of hydrogen-bond donors (Lipinski definition) is 1.